The van der Waals surface area contributed by atoms with Gasteiger partial charge in [-0.2, -0.15) is 0 Å². The predicted molar refractivity (Wildman–Crippen MR) is 59.8 cm³/mol. The van der Waals surface area contributed by atoms with E-state index in [-0.39, 0.29) is 0 Å². The molecule has 0 fully saturated rings. The summed E-state index contributed by atoms with van der Waals surface area (Å²) in [5.41, 5.74) is 5.52. The molecule has 0 bridgehead atoms. The summed E-state index contributed by atoms with van der Waals surface area (Å²) in [4.78, 5) is 12.4. The SMILES string of the molecule is NCc1nccn1-c1ncc(I)cn1. The Labute approximate surface area is 94.5 Å². The highest BCUT2D eigenvalue weighted by molar-refractivity contribution is 14.1. The Hall–Kier alpha value is -1.02. The van der Waals surface area contributed by atoms with E-state index in [2.05, 4.69) is 37.5 Å². The summed E-state index contributed by atoms with van der Waals surface area (Å²) in [6.07, 6.45) is 6.99. The van der Waals surface area contributed by atoms with Gasteiger partial charge < -0.3 is 5.73 Å². The second-order valence-corrected chi connectivity index (χ2v) is 3.86. The van der Waals surface area contributed by atoms with Gasteiger partial charge in [-0.25, -0.2) is 15.0 Å². The first-order valence-corrected chi connectivity index (χ1v) is 5.09. The molecular formula is C8H8IN5. The molecule has 0 saturated carbocycles. The van der Waals surface area contributed by atoms with Crippen LogP contribution in [0.3, 0.4) is 0 Å². The highest BCUT2D eigenvalue weighted by atomic mass is 127. The molecule has 0 aliphatic rings. The summed E-state index contributed by atoms with van der Waals surface area (Å²) in [6, 6.07) is 0. The van der Waals surface area contributed by atoms with Gasteiger partial charge >= 0.3 is 0 Å². The summed E-state index contributed by atoms with van der Waals surface area (Å²) >= 11 is 2.16. The van der Waals surface area contributed by atoms with Gasteiger partial charge in [-0.15, -0.1) is 0 Å². The van der Waals surface area contributed by atoms with Gasteiger partial charge in [0.1, 0.15) is 5.82 Å². The molecule has 0 saturated heterocycles. The lowest BCUT2D eigenvalue weighted by molar-refractivity contribution is 0.819. The monoisotopic (exact) mass is 301 g/mol. The molecule has 0 aliphatic heterocycles. The number of imidazole rings is 1. The van der Waals surface area contributed by atoms with Crippen molar-refractivity contribution in [2.75, 3.05) is 0 Å². The van der Waals surface area contributed by atoms with Crippen LogP contribution >= 0.6 is 22.6 Å². The minimum absolute atomic E-state index is 0.377. The minimum atomic E-state index is 0.377. The zero-order chi connectivity index (χ0) is 9.97. The lowest BCUT2D eigenvalue weighted by Gasteiger charge is -2.03. The molecule has 2 heterocycles. The van der Waals surface area contributed by atoms with Crippen molar-refractivity contribution in [2.24, 2.45) is 5.73 Å². The average Bonchev–Trinajstić information content (AvgIpc) is 2.67. The number of rotatable bonds is 2. The summed E-state index contributed by atoms with van der Waals surface area (Å²) in [6.45, 7) is 0.377. The molecule has 2 aromatic rings. The number of hydrogen-bond acceptors (Lipinski definition) is 4. The maximum Gasteiger partial charge on any atom is 0.235 e. The van der Waals surface area contributed by atoms with Crippen molar-refractivity contribution >= 4 is 22.6 Å². The topological polar surface area (TPSA) is 69.6 Å². The molecule has 14 heavy (non-hydrogen) atoms. The number of nitrogens with two attached hydrogens (primary N) is 1. The smallest absolute Gasteiger partial charge is 0.235 e. The van der Waals surface area contributed by atoms with Gasteiger partial charge in [0.2, 0.25) is 5.95 Å². The molecule has 0 atom stereocenters. The molecular weight excluding hydrogens is 293 g/mol. The van der Waals surface area contributed by atoms with Gasteiger partial charge in [0.05, 0.1) is 6.54 Å². The van der Waals surface area contributed by atoms with Crippen LogP contribution in [0.2, 0.25) is 0 Å². The van der Waals surface area contributed by atoms with Crippen molar-refractivity contribution in [2.45, 2.75) is 6.54 Å². The van der Waals surface area contributed by atoms with Crippen molar-refractivity contribution < 1.29 is 0 Å². The van der Waals surface area contributed by atoms with Crippen LogP contribution in [0.4, 0.5) is 0 Å². The van der Waals surface area contributed by atoms with Gasteiger partial charge in [0, 0.05) is 28.4 Å². The first kappa shape index (κ1) is 9.53. The van der Waals surface area contributed by atoms with Gasteiger partial charge in [-0.05, 0) is 22.6 Å². The standard InChI is InChI=1S/C8H8IN5/c9-6-4-12-8(13-5-6)14-2-1-11-7(14)3-10/h1-2,4-5H,3,10H2. The maximum absolute atomic E-state index is 5.52. The van der Waals surface area contributed by atoms with Crippen molar-refractivity contribution in [1.29, 1.82) is 0 Å². The Morgan fingerprint density at radius 3 is 2.64 bits per heavy atom. The van der Waals surface area contributed by atoms with E-state index in [0.29, 0.717) is 12.5 Å². The fraction of sp³-hybridized carbons (Fsp3) is 0.125. The largest absolute Gasteiger partial charge is 0.324 e. The number of halogens is 1. The third kappa shape index (κ3) is 1.75. The zero-order valence-electron chi connectivity index (χ0n) is 7.26. The second-order valence-electron chi connectivity index (χ2n) is 2.62. The Morgan fingerprint density at radius 1 is 1.29 bits per heavy atom. The van der Waals surface area contributed by atoms with Crippen LogP contribution in [-0.4, -0.2) is 19.5 Å². The van der Waals surface area contributed by atoms with Crippen molar-refractivity contribution in [3.63, 3.8) is 0 Å². The molecule has 0 aromatic carbocycles. The van der Waals surface area contributed by atoms with E-state index in [9.17, 15) is 0 Å². The van der Waals surface area contributed by atoms with Crippen LogP contribution in [0.15, 0.2) is 24.8 Å². The summed E-state index contributed by atoms with van der Waals surface area (Å²) in [5.74, 6) is 1.36. The highest BCUT2D eigenvalue weighted by Gasteiger charge is 2.04. The van der Waals surface area contributed by atoms with Crippen LogP contribution in [-0.2, 0) is 6.54 Å². The van der Waals surface area contributed by atoms with E-state index < -0.39 is 0 Å². The Morgan fingerprint density at radius 2 is 2.00 bits per heavy atom. The fourth-order valence-corrected chi connectivity index (χ4v) is 1.38. The van der Waals surface area contributed by atoms with E-state index in [1.54, 1.807) is 29.4 Å². The van der Waals surface area contributed by atoms with E-state index >= 15 is 0 Å². The third-order valence-electron chi connectivity index (χ3n) is 1.72. The summed E-state index contributed by atoms with van der Waals surface area (Å²) in [5, 5.41) is 0. The van der Waals surface area contributed by atoms with E-state index in [0.717, 1.165) is 9.39 Å². The van der Waals surface area contributed by atoms with Crippen LogP contribution in [0.1, 0.15) is 5.82 Å². The molecule has 0 unspecified atom stereocenters. The zero-order valence-corrected chi connectivity index (χ0v) is 9.42. The molecule has 2 N–H and O–H groups in total. The molecule has 2 aromatic heterocycles. The Bertz CT molecular complexity index is 422. The van der Waals surface area contributed by atoms with Crippen LogP contribution in [0.5, 0.6) is 0 Å². The predicted octanol–water partition coefficient (Wildman–Crippen LogP) is 0.726. The lowest BCUT2D eigenvalue weighted by atomic mass is 10.6. The Kier molecular flexibility index (Phi) is 2.73. The number of nitrogens with zero attached hydrogens (tertiary/aromatic N) is 4. The van der Waals surface area contributed by atoms with Crippen molar-refractivity contribution in [3.05, 3.63) is 34.2 Å². The summed E-state index contributed by atoms with van der Waals surface area (Å²) < 4.78 is 2.77. The molecule has 6 heteroatoms. The molecule has 72 valence electrons. The quantitative estimate of drug-likeness (QED) is 0.830. The normalized spacial score (nSPS) is 10.4. The van der Waals surface area contributed by atoms with Crippen LogP contribution < -0.4 is 5.73 Å². The van der Waals surface area contributed by atoms with E-state index in [1.165, 1.54) is 0 Å². The molecule has 0 aliphatic carbocycles. The minimum Gasteiger partial charge on any atom is -0.324 e. The maximum atomic E-state index is 5.52. The van der Waals surface area contributed by atoms with Gasteiger partial charge in [0.15, 0.2) is 0 Å². The van der Waals surface area contributed by atoms with E-state index in [4.69, 9.17) is 5.73 Å². The average molecular weight is 301 g/mol. The molecule has 0 spiro atoms. The van der Waals surface area contributed by atoms with Crippen molar-refractivity contribution in [3.8, 4) is 5.95 Å². The lowest BCUT2D eigenvalue weighted by Crippen LogP contribution is -2.08. The first-order valence-electron chi connectivity index (χ1n) is 4.01. The number of hydrogen-bond donors (Lipinski definition) is 1. The second kappa shape index (κ2) is 4.01. The molecule has 0 radical (unpaired) electrons. The molecule has 5 nitrogen and oxygen atoms in total. The fourth-order valence-electron chi connectivity index (χ4n) is 1.10. The van der Waals surface area contributed by atoms with Gasteiger partial charge in [0.25, 0.3) is 0 Å². The molecule has 2 rings (SSSR count). The highest BCUT2D eigenvalue weighted by Crippen LogP contribution is 2.06. The number of aromatic nitrogens is 4. The first-order chi connectivity index (χ1) is 6.81. The van der Waals surface area contributed by atoms with Crippen LogP contribution in [0.25, 0.3) is 5.95 Å². The third-order valence-corrected chi connectivity index (χ3v) is 2.28. The van der Waals surface area contributed by atoms with Gasteiger partial charge in [-0.3, -0.25) is 4.57 Å². The van der Waals surface area contributed by atoms with Crippen molar-refractivity contribution in [1.82, 2.24) is 19.5 Å². The van der Waals surface area contributed by atoms with Gasteiger partial charge in [-0.1, -0.05) is 0 Å². The Balaban J connectivity index is 2.44. The van der Waals surface area contributed by atoms with Crippen LogP contribution in [0, 0.1) is 3.57 Å². The molecule has 0 amide bonds. The summed E-state index contributed by atoms with van der Waals surface area (Å²) in [7, 11) is 0. The van der Waals surface area contributed by atoms with E-state index in [1.807, 2.05) is 0 Å².